The van der Waals surface area contributed by atoms with Gasteiger partial charge in [0.1, 0.15) is 0 Å². The summed E-state index contributed by atoms with van der Waals surface area (Å²) in [4.78, 5) is 9.42. The van der Waals surface area contributed by atoms with Crippen LogP contribution in [-0.4, -0.2) is 12.0 Å². The van der Waals surface area contributed by atoms with E-state index in [1.165, 1.54) is 6.08 Å². The molecule has 0 aliphatic rings. The minimum Gasteiger partial charge on any atom is -0.444 e. The van der Waals surface area contributed by atoms with Gasteiger partial charge in [-0.25, -0.2) is 0 Å². The topological polar surface area (TPSA) is 26.3 Å². The van der Waals surface area contributed by atoms with Gasteiger partial charge in [0, 0.05) is 0 Å². The van der Waals surface area contributed by atoms with Crippen molar-refractivity contribution in [2.45, 2.75) is 5.56 Å². The molecule has 0 radical (unpaired) electrons. The van der Waals surface area contributed by atoms with Gasteiger partial charge in [0.25, 0.3) is 6.47 Å². The molecule has 0 spiro atoms. The van der Waals surface area contributed by atoms with Crippen LogP contribution < -0.4 is 0 Å². The van der Waals surface area contributed by atoms with E-state index in [1.54, 1.807) is 0 Å². The minimum atomic E-state index is -0.683. The summed E-state index contributed by atoms with van der Waals surface area (Å²) in [7, 11) is 0. The summed E-state index contributed by atoms with van der Waals surface area (Å²) < 4.78 is 4.16. The fourth-order valence-electron chi connectivity index (χ4n) is 0.109. The van der Waals surface area contributed by atoms with Crippen LogP contribution in [0.5, 0.6) is 0 Å². The first-order valence-corrected chi connectivity index (χ1v) is 2.10. The zero-order valence-corrected chi connectivity index (χ0v) is 4.39. The maximum Gasteiger partial charge on any atom is 0.294 e. The summed E-state index contributed by atoms with van der Waals surface area (Å²) in [6.07, 6.45) is 1.32. The van der Waals surface area contributed by atoms with Crippen molar-refractivity contribution in [3.8, 4) is 0 Å². The Bertz CT molecular complexity index is 72.1. The number of hydrogen-bond donors (Lipinski definition) is 0. The second-order valence-electron chi connectivity index (χ2n) is 0.819. The zero-order valence-electron chi connectivity index (χ0n) is 3.63. The highest BCUT2D eigenvalue weighted by Crippen LogP contribution is 1.94. The van der Waals surface area contributed by atoms with E-state index in [4.69, 9.17) is 11.6 Å². The van der Waals surface area contributed by atoms with Crippen molar-refractivity contribution >= 4 is 18.1 Å². The van der Waals surface area contributed by atoms with Gasteiger partial charge in [-0.15, -0.1) is 0 Å². The molecule has 0 fully saturated rings. The fraction of sp³-hybridized carbons (Fsp3) is 0.250. The normalized spacial score (nSPS) is 12.1. The number of rotatable bonds is 3. The predicted molar refractivity (Wildman–Crippen MR) is 27.0 cm³/mol. The molecule has 0 aliphatic heterocycles. The lowest BCUT2D eigenvalue weighted by Crippen LogP contribution is -1.96. The lowest BCUT2D eigenvalue weighted by atomic mass is 10.7. The maximum atomic E-state index is 9.42. The number of halogens is 1. The van der Waals surface area contributed by atoms with Crippen molar-refractivity contribution in [3.05, 3.63) is 12.7 Å². The number of alkyl halides is 1. The van der Waals surface area contributed by atoms with Gasteiger partial charge in [0.05, 0.1) is 0 Å². The van der Waals surface area contributed by atoms with Crippen LogP contribution in [0.15, 0.2) is 12.7 Å². The van der Waals surface area contributed by atoms with Gasteiger partial charge >= 0.3 is 0 Å². The third kappa shape index (κ3) is 3.33. The van der Waals surface area contributed by atoms with E-state index < -0.39 is 5.56 Å². The number of hydrogen-bond acceptors (Lipinski definition) is 2. The van der Waals surface area contributed by atoms with Gasteiger partial charge < -0.3 is 4.74 Å². The van der Waals surface area contributed by atoms with E-state index in [9.17, 15) is 4.79 Å². The van der Waals surface area contributed by atoms with Gasteiger partial charge in [0.15, 0.2) is 5.56 Å². The SMILES string of the molecule is C=CC(Cl)OC=O. The molecule has 2 nitrogen and oxygen atoms in total. The Labute approximate surface area is 46.7 Å². The van der Waals surface area contributed by atoms with Crippen molar-refractivity contribution in [1.29, 1.82) is 0 Å². The Kier molecular flexibility index (Phi) is 3.42. The molecule has 1 unspecified atom stereocenters. The number of carbonyl (C=O) groups excluding carboxylic acids is 1. The Morgan fingerprint density at radius 3 is 2.57 bits per heavy atom. The van der Waals surface area contributed by atoms with Crippen LogP contribution in [0, 0.1) is 0 Å². The van der Waals surface area contributed by atoms with Crippen molar-refractivity contribution in [3.63, 3.8) is 0 Å². The third-order valence-electron chi connectivity index (χ3n) is 0.371. The van der Waals surface area contributed by atoms with E-state index in [2.05, 4.69) is 11.3 Å². The van der Waals surface area contributed by atoms with Gasteiger partial charge in [-0.3, -0.25) is 4.79 Å². The predicted octanol–water partition coefficient (Wildman–Crippen LogP) is 0.910. The summed E-state index contributed by atoms with van der Waals surface area (Å²) in [5.41, 5.74) is -0.683. The molecule has 40 valence electrons. The lowest BCUT2D eigenvalue weighted by Gasteiger charge is -1.95. The minimum absolute atomic E-state index is 0.277. The van der Waals surface area contributed by atoms with Crippen LogP contribution in [0.4, 0.5) is 0 Å². The van der Waals surface area contributed by atoms with Gasteiger partial charge in [-0.1, -0.05) is 18.2 Å². The number of ether oxygens (including phenoxy) is 1. The zero-order chi connectivity index (χ0) is 5.70. The van der Waals surface area contributed by atoms with Gasteiger partial charge in [-0.2, -0.15) is 0 Å². The summed E-state index contributed by atoms with van der Waals surface area (Å²) in [5, 5.41) is 0. The highest BCUT2D eigenvalue weighted by Gasteiger charge is 1.91. The van der Waals surface area contributed by atoms with Gasteiger partial charge in [-0.05, 0) is 6.08 Å². The highest BCUT2D eigenvalue weighted by molar-refractivity contribution is 6.21. The molecule has 0 aromatic carbocycles. The van der Waals surface area contributed by atoms with E-state index in [0.29, 0.717) is 0 Å². The molecule has 7 heavy (non-hydrogen) atoms. The van der Waals surface area contributed by atoms with Crippen LogP contribution in [-0.2, 0) is 9.53 Å². The maximum absolute atomic E-state index is 9.42. The van der Waals surface area contributed by atoms with Crippen LogP contribution >= 0.6 is 11.6 Å². The summed E-state index contributed by atoms with van der Waals surface area (Å²) in [5.74, 6) is 0. The highest BCUT2D eigenvalue weighted by atomic mass is 35.5. The third-order valence-corrected chi connectivity index (χ3v) is 0.652. The Balaban J connectivity index is 3.15. The average molecular weight is 121 g/mol. The van der Waals surface area contributed by atoms with Crippen molar-refractivity contribution < 1.29 is 9.53 Å². The molecule has 1 atom stereocenters. The quantitative estimate of drug-likeness (QED) is 0.314. The summed E-state index contributed by atoms with van der Waals surface area (Å²) in [6, 6.07) is 0. The molecule has 0 heterocycles. The lowest BCUT2D eigenvalue weighted by molar-refractivity contribution is -0.128. The molecule has 0 amide bonds. The Morgan fingerprint density at radius 2 is 2.43 bits per heavy atom. The molecule has 0 N–H and O–H groups in total. The molecule has 0 rings (SSSR count). The molecular formula is C4H5ClO2. The van der Waals surface area contributed by atoms with E-state index >= 15 is 0 Å². The first kappa shape index (κ1) is 6.50. The second kappa shape index (κ2) is 3.68. The molecule has 0 aromatic heterocycles. The number of carbonyl (C=O) groups is 1. The Morgan fingerprint density at radius 1 is 1.86 bits per heavy atom. The standard InChI is InChI=1S/C4H5ClO2/c1-2-4(5)7-3-6/h2-4H,1H2. The molecule has 0 aromatic rings. The van der Waals surface area contributed by atoms with Crippen LogP contribution in [0.2, 0.25) is 0 Å². The Hall–Kier alpha value is -0.500. The van der Waals surface area contributed by atoms with Crippen LogP contribution in [0.25, 0.3) is 0 Å². The average Bonchev–Trinajstić information content (AvgIpc) is 1.68. The van der Waals surface area contributed by atoms with Crippen molar-refractivity contribution in [2.24, 2.45) is 0 Å². The fourth-order valence-corrected chi connectivity index (χ4v) is 0.151. The first-order valence-electron chi connectivity index (χ1n) is 1.67. The molecule has 0 aliphatic carbocycles. The van der Waals surface area contributed by atoms with Crippen LogP contribution in [0.1, 0.15) is 0 Å². The molecule has 3 heteroatoms. The van der Waals surface area contributed by atoms with Gasteiger partial charge in [0.2, 0.25) is 0 Å². The van der Waals surface area contributed by atoms with Crippen molar-refractivity contribution in [2.75, 3.05) is 0 Å². The van der Waals surface area contributed by atoms with E-state index in [1.807, 2.05) is 0 Å². The van der Waals surface area contributed by atoms with E-state index in [-0.39, 0.29) is 6.47 Å². The second-order valence-corrected chi connectivity index (χ2v) is 1.25. The first-order chi connectivity index (χ1) is 3.31. The van der Waals surface area contributed by atoms with Crippen LogP contribution in [0.3, 0.4) is 0 Å². The van der Waals surface area contributed by atoms with E-state index in [0.717, 1.165) is 0 Å². The van der Waals surface area contributed by atoms with Crippen molar-refractivity contribution in [1.82, 2.24) is 0 Å². The largest absolute Gasteiger partial charge is 0.444 e. The molecular weight excluding hydrogens is 115 g/mol. The summed E-state index contributed by atoms with van der Waals surface area (Å²) in [6.45, 7) is 3.54. The monoisotopic (exact) mass is 120 g/mol. The summed E-state index contributed by atoms with van der Waals surface area (Å²) >= 11 is 5.19. The molecule has 0 bridgehead atoms. The smallest absolute Gasteiger partial charge is 0.294 e. The molecule has 0 saturated carbocycles. The molecule has 0 saturated heterocycles.